The summed E-state index contributed by atoms with van der Waals surface area (Å²) in [5, 5.41) is 2.76. The third kappa shape index (κ3) is 5.71. The monoisotopic (exact) mass is 279 g/mol. The zero-order valence-electron chi connectivity index (χ0n) is 11.9. The minimum atomic E-state index is -0.105. The van der Waals surface area contributed by atoms with Gasteiger partial charge in [-0.25, -0.2) is 0 Å². The number of hydrogen-bond acceptors (Lipinski definition) is 4. The lowest BCUT2D eigenvalue weighted by Crippen LogP contribution is -2.27. The lowest BCUT2D eigenvalue weighted by molar-refractivity contribution is -0.130. The van der Waals surface area contributed by atoms with Crippen LogP contribution in [-0.4, -0.2) is 44.0 Å². The van der Waals surface area contributed by atoms with Gasteiger partial charge in [-0.1, -0.05) is 12.1 Å². The molecule has 0 aromatic heterocycles. The highest BCUT2D eigenvalue weighted by Gasteiger charge is 2.05. The van der Waals surface area contributed by atoms with Crippen molar-refractivity contribution in [2.24, 2.45) is 5.73 Å². The Bertz CT molecular complexity index is 461. The van der Waals surface area contributed by atoms with E-state index in [-0.39, 0.29) is 18.4 Å². The van der Waals surface area contributed by atoms with Crippen LogP contribution in [0.1, 0.15) is 12.0 Å². The first-order valence-corrected chi connectivity index (χ1v) is 6.41. The standard InChI is InChI=1S/C14H21N3O3/c1-17(2)14(19)10-20-12-5-3-4-11(8-12)9-16-13(18)6-7-15/h3-5,8H,6-7,9-10,15H2,1-2H3,(H,16,18). The highest BCUT2D eigenvalue weighted by molar-refractivity contribution is 5.77. The van der Waals surface area contributed by atoms with E-state index in [0.717, 1.165) is 5.56 Å². The maximum absolute atomic E-state index is 11.4. The Kier molecular flexibility index (Phi) is 6.52. The number of benzene rings is 1. The van der Waals surface area contributed by atoms with E-state index in [9.17, 15) is 9.59 Å². The predicted octanol–water partition coefficient (Wildman–Crippen LogP) is 0.119. The predicted molar refractivity (Wildman–Crippen MR) is 76.1 cm³/mol. The molecule has 1 rings (SSSR count). The molecule has 0 fully saturated rings. The number of ether oxygens (including phenoxy) is 1. The molecular weight excluding hydrogens is 258 g/mol. The number of amides is 2. The van der Waals surface area contributed by atoms with Crippen molar-refractivity contribution in [3.63, 3.8) is 0 Å². The number of nitrogens with zero attached hydrogens (tertiary/aromatic N) is 1. The molecule has 2 amide bonds. The topological polar surface area (TPSA) is 84.7 Å². The molecule has 0 spiro atoms. The largest absolute Gasteiger partial charge is 0.484 e. The molecule has 6 nitrogen and oxygen atoms in total. The smallest absolute Gasteiger partial charge is 0.259 e. The summed E-state index contributed by atoms with van der Waals surface area (Å²) in [7, 11) is 3.35. The zero-order chi connectivity index (χ0) is 15.0. The number of hydrogen-bond donors (Lipinski definition) is 2. The summed E-state index contributed by atoms with van der Waals surface area (Å²) in [4.78, 5) is 24.2. The lowest BCUT2D eigenvalue weighted by Gasteiger charge is -2.12. The fourth-order valence-corrected chi connectivity index (χ4v) is 1.44. The van der Waals surface area contributed by atoms with Crippen molar-refractivity contribution >= 4 is 11.8 Å². The molecule has 0 aliphatic carbocycles. The fourth-order valence-electron chi connectivity index (χ4n) is 1.44. The first-order chi connectivity index (χ1) is 9.52. The van der Waals surface area contributed by atoms with Crippen molar-refractivity contribution in [3.8, 4) is 5.75 Å². The number of rotatable bonds is 7. The van der Waals surface area contributed by atoms with Gasteiger partial charge in [-0.15, -0.1) is 0 Å². The lowest BCUT2D eigenvalue weighted by atomic mass is 10.2. The summed E-state index contributed by atoms with van der Waals surface area (Å²) in [6.45, 7) is 0.745. The number of nitrogens with two attached hydrogens (primary N) is 1. The number of carbonyl (C=O) groups excluding carboxylic acids is 2. The highest BCUT2D eigenvalue weighted by Crippen LogP contribution is 2.13. The van der Waals surface area contributed by atoms with E-state index in [2.05, 4.69) is 5.32 Å². The van der Waals surface area contributed by atoms with Crippen LogP contribution in [0, 0.1) is 0 Å². The molecular formula is C14H21N3O3. The van der Waals surface area contributed by atoms with Gasteiger partial charge >= 0.3 is 0 Å². The van der Waals surface area contributed by atoms with E-state index in [1.54, 1.807) is 26.2 Å². The van der Waals surface area contributed by atoms with Crippen LogP contribution >= 0.6 is 0 Å². The molecule has 0 aliphatic rings. The highest BCUT2D eigenvalue weighted by atomic mass is 16.5. The van der Waals surface area contributed by atoms with Crippen molar-refractivity contribution in [2.75, 3.05) is 27.2 Å². The molecule has 0 unspecified atom stereocenters. The Labute approximate surface area is 118 Å². The minimum absolute atomic E-state index is 0.00398. The molecule has 0 aliphatic heterocycles. The molecule has 0 atom stereocenters. The van der Waals surface area contributed by atoms with E-state index in [4.69, 9.17) is 10.5 Å². The van der Waals surface area contributed by atoms with Gasteiger partial charge in [0.05, 0.1) is 0 Å². The number of nitrogens with one attached hydrogen (secondary N) is 1. The maximum Gasteiger partial charge on any atom is 0.259 e. The Morgan fingerprint density at radius 1 is 1.35 bits per heavy atom. The van der Waals surface area contributed by atoms with E-state index in [1.165, 1.54) is 4.90 Å². The molecule has 110 valence electrons. The summed E-state index contributed by atoms with van der Waals surface area (Å²) in [6, 6.07) is 7.27. The average Bonchev–Trinajstić information content (AvgIpc) is 2.43. The van der Waals surface area contributed by atoms with Crippen LogP contribution in [0.4, 0.5) is 0 Å². The van der Waals surface area contributed by atoms with Crippen molar-refractivity contribution < 1.29 is 14.3 Å². The van der Waals surface area contributed by atoms with Crippen molar-refractivity contribution in [2.45, 2.75) is 13.0 Å². The average molecular weight is 279 g/mol. The SMILES string of the molecule is CN(C)C(=O)COc1cccc(CNC(=O)CCN)c1. The van der Waals surface area contributed by atoms with E-state index in [1.807, 2.05) is 12.1 Å². The molecule has 6 heteroatoms. The Morgan fingerprint density at radius 3 is 2.75 bits per heavy atom. The molecule has 0 radical (unpaired) electrons. The van der Waals surface area contributed by atoms with Crippen LogP contribution in [0.25, 0.3) is 0 Å². The number of likely N-dealkylation sites (N-methyl/N-ethyl adjacent to an activating group) is 1. The summed E-state index contributed by atoms with van der Waals surface area (Å²) in [6.07, 6.45) is 0.313. The van der Waals surface area contributed by atoms with Crippen LogP contribution in [-0.2, 0) is 16.1 Å². The van der Waals surface area contributed by atoms with E-state index in [0.29, 0.717) is 25.3 Å². The fraction of sp³-hybridized carbons (Fsp3) is 0.429. The van der Waals surface area contributed by atoms with Crippen LogP contribution < -0.4 is 15.8 Å². The summed E-state index contributed by atoms with van der Waals surface area (Å²) in [5.41, 5.74) is 6.21. The van der Waals surface area contributed by atoms with Gasteiger partial charge in [-0.05, 0) is 17.7 Å². The maximum atomic E-state index is 11.4. The van der Waals surface area contributed by atoms with Crippen molar-refractivity contribution in [1.29, 1.82) is 0 Å². The summed E-state index contributed by atoms with van der Waals surface area (Å²) in [5.74, 6) is 0.416. The van der Waals surface area contributed by atoms with Crippen LogP contribution in [0.15, 0.2) is 24.3 Å². The van der Waals surface area contributed by atoms with E-state index < -0.39 is 0 Å². The molecule has 0 saturated carbocycles. The zero-order valence-corrected chi connectivity index (χ0v) is 11.9. The minimum Gasteiger partial charge on any atom is -0.484 e. The molecule has 20 heavy (non-hydrogen) atoms. The van der Waals surface area contributed by atoms with Gasteiger partial charge in [0.2, 0.25) is 5.91 Å². The second-order valence-electron chi connectivity index (χ2n) is 4.54. The van der Waals surface area contributed by atoms with Gasteiger partial charge in [0.1, 0.15) is 5.75 Å². The summed E-state index contributed by atoms with van der Waals surface area (Å²) >= 11 is 0. The first-order valence-electron chi connectivity index (χ1n) is 6.41. The van der Waals surface area contributed by atoms with Gasteiger partial charge in [-0.3, -0.25) is 9.59 Å². The third-order valence-corrected chi connectivity index (χ3v) is 2.62. The van der Waals surface area contributed by atoms with Crippen LogP contribution in [0.3, 0.4) is 0 Å². The molecule has 3 N–H and O–H groups in total. The van der Waals surface area contributed by atoms with Gasteiger partial charge in [0.25, 0.3) is 5.91 Å². The van der Waals surface area contributed by atoms with Gasteiger partial charge in [0.15, 0.2) is 6.61 Å². The number of carbonyl (C=O) groups is 2. The van der Waals surface area contributed by atoms with Crippen molar-refractivity contribution in [1.82, 2.24) is 10.2 Å². The van der Waals surface area contributed by atoms with Gasteiger partial charge in [-0.2, -0.15) is 0 Å². The Hall–Kier alpha value is -2.08. The van der Waals surface area contributed by atoms with E-state index >= 15 is 0 Å². The van der Waals surface area contributed by atoms with Gasteiger partial charge in [0, 0.05) is 33.6 Å². The quantitative estimate of drug-likeness (QED) is 0.742. The second-order valence-corrected chi connectivity index (χ2v) is 4.54. The molecule has 1 aromatic rings. The second kappa shape index (κ2) is 8.16. The third-order valence-electron chi connectivity index (χ3n) is 2.62. The molecule has 1 aromatic carbocycles. The normalized spacial score (nSPS) is 9.95. The van der Waals surface area contributed by atoms with Gasteiger partial charge < -0.3 is 20.7 Å². The van der Waals surface area contributed by atoms with Crippen LogP contribution in [0.2, 0.25) is 0 Å². The Morgan fingerprint density at radius 2 is 2.10 bits per heavy atom. The molecule has 0 saturated heterocycles. The summed E-state index contributed by atoms with van der Waals surface area (Å²) < 4.78 is 5.40. The molecule has 0 bridgehead atoms. The van der Waals surface area contributed by atoms with Crippen LogP contribution in [0.5, 0.6) is 5.75 Å². The Balaban J connectivity index is 2.49. The van der Waals surface area contributed by atoms with Crippen molar-refractivity contribution in [3.05, 3.63) is 29.8 Å². The molecule has 0 heterocycles. The first kappa shape index (κ1) is 16.0.